The number of hydrogen-bond acceptors (Lipinski definition) is 4. The van der Waals surface area contributed by atoms with E-state index in [1.807, 2.05) is 25.1 Å². The van der Waals surface area contributed by atoms with Gasteiger partial charge in [0.15, 0.2) is 0 Å². The molecule has 0 aliphatic carbocycles. The monoisotopic (exact) mass is 458 g/mol. The Kier molecular flexibility index (Phi) is 8.76. The van der Waals surface area contributed by atoms with Crippen LogP contribution in [0.15, 0.2) is 47.4 Å². The van der Waals surface area contributed by atoms with Gasteiger partial charge in [0.2, 0.25) is 0 Å². The molecule has 3 rings (SSSR count). The third-order valence-electron chi connectivity index (χ3n) is 5.01. The molecule has 1 saturated heterocycles. The highest BCUT2D eigenvalue weighted by Crippen LogP contribution is 2.33. The Balaban J connectivity index is 0.00000166. The number of aryl methyl sites for hydroxylation is 1. The number of carboxylic acids is 1. The lowest BCUT2D eigenvalue weighted by Crippen LogP contribution is -2.49. The van der Waals surface area contributed by atoms with Gasteiger partial charge in [0.1, 0.15) is 0 Å². The van der Waals surface area contributed by atoms with Gasteiger partial charge in [0.05, 0.1) is 19.2 Å². The molecule has 31 heavy (non-hydrogen) atoms. The number of halogens is 4. The maximum Gasteiger partial charge on any atom is 0.416 e. The van der Waals surface area contributed by atoms with Crippen LogP contribution in [0, 0.1) is 6.92 Å². The molecule has 1 aliphatic heterocycles. The Labute approximate surface area is 184 Å². The van der Waals surface area contributed by atoms with Gasteiger partial charge in [0.25, 0.3) is 0 Å². The van der Waals surface area contributed by atoms with Crippen molar-refractivity contribution in [1.82, 2.24) is 4.31 Å². The van der Waals surface area contributed by atoms with Crippen LogP contribution >= 0.6 is 11.9 Å². The standard InChI is InChI=1S/C21H23F3N2O2S.CH3F/c1-14-3-8-19(11-16(14)12-20(27)28)29-26-10-9-25(13-15(26)2)18-6-4-17(5-7-18)21(22,23)24;1-2/h3-8,11,15H,9-10,12-13H2,1-2H3,(H,27,28);1H3/t15-;/m1./s1. The van der Waals surface area contributed by atoms with E-state index in [0.717, 1.165) is 40.4 Å². The molecule has 2 aromatic carbocycles. The number of piperazine rings is 1. The highest BCUT2D eigenvalue weighted by molar-refractivity contribution is 7.97. The number of carboxylic acid groups (broad SMARTS) is 1. The fourth-order valence-corrected chi connectivity index (χ4v) is 4.38. The van der Waals surface area contributed by atoms with Gasteiger partial charge >= 0.3 is 12.1 Å². The fourth-order valence-electron chi connectivity index (χ4n) is 3.37. The Hall–Kier alpha value is -2.26. The topological polar surface area (TPSA) is 43.8 Å². The Bertz CT molecular complexity index is 875. The largest absolute Gasteiger partial charge is 0.481 e. The van der Waals surface area contributed by atoms with E-state index in [2.05, 4.69) is 16.1 Å². The summed E-state index contributed by atoms with van der Waals surface area (Å²) in [4.78, 5) is 14.1. The number of hydrogen-bond donors (Lipinski definition) is 1. The molecule has 170 valence electrons. The molecule has 2 aromatic rings. The molecule has 0 saturated carbocycles. The number of carbonyl (C=O) groups is 1. The molecule has 0 radical (unpaired) electrons. The number of benzene rings is 2. The second kappa shape index (κ2) is 10.9. The van der Waals surface area contributed by atoms with Crippen molar-refractivity contribution in [3.63, 3.8) is 0 Å². The third-order valence-corrected chi connectivity index (χ3v) is 6.25. The smallest absolute Gasteiger partial charge is 0.416 e. The van der Waals surface area contributed by atoms with Gasteiger partial charge in [-0.05, 0) is 73.3 Å². The molecule has 1 aliphatic rings. The first-order valence-electron chi connectivity index (χ1n) is 9.69. The molecule has 0 bridgehead atoms. The number of nitrogens with zero attached hydrogens (tertiary/aromatic N) is 2. The maximum atomic E-state index is 12.7. The van der Waals surface area contributed by atoms with Crippen LogP contribution in [0.25, 0.3) is 0 Å². The first-order chi connectivity index (χ1) is 14.6. The van der Waals surface area contributed by atoms with Gasteiger partial charge in [0, 0.05) is 36.3 Å². The van der Waals surface area contributed by atoms with Crippen molar-refractivity contribution >= 4 is 23.6 Å². The zero-order valence-electron chi connectivity index (χ0n) is 17.6. The van der Waals surface area contributed by atoms with E-state index < -0.39 is 17.7 Å². The minimum absolute atomic E-state index is 0.00249. The van der Waals surface area contributed by atoms with Crippen molar-refractivity contribution in [2.45, 2.75) is 37.4 Å². The fraction of sp³-hybridized carbons (Fsp3) is 0.409. The van der Waals surface area contributed by atoms with Gasteiger partial charge in [-0.25, -0.2) is 4.31 Å². The lowest BCUT2D eigenvalue weighted by Gasteiger charge is -2.40. The second-order valence-electron chi connectivity index (χ2n) is 7.23. The summed E-state index contributed by atoms with van der Waals surface area (Å²) in [5, 5.41) is 9.06. The zero-order valence-corrected chi connectivity index (χ0v) is 18.4. The van der Waals surface area contributed by atoms with E-state index in [9.17, 15) is 22.4 Å². The molecule has 0 amide bonds. The summed E-state index contributed by atoms with van der Waals surface area (Å²) in [6.07, 6.45) is -4.33. The SMILES string of the molecule is CF.Cc1ccc(SN2CCN(c3ccc(C(F)(F)F)cc3)C[C@H]2C)cc1CC(=O)O. The lowest BCUT2D eigenvalue weighted by molar-refractivity contribution is -0.138. The van der Waals surface area contributed by atoms with Crippen molar-refractivity contribution in [1.29, 1.82) is 0 Å². The van der Waals surface area contributed by atoms with E-state index in [1.165, 1.54) is 12.1 Å². The zero-order chi connectivity index (χ0) is 23.2. The van der Waals surface area contributed by atoms with E-state index in [0.29, 0.717) is 20.3 Å². The van der Waals surface area contributed by atoms with E-state index in [4.69, 9.17) is 5.11 Å². The molecule has 1 fully saturated rings. The molecular formula is C22H26F4N2O2S. The number of rotatable bonds is 5. The van der Waals surface area contributed by atoms with E-state index >= 15 is 0 Å². The molecule has 1 heterocycles. The Morgan fingerprint density at radius 2 is 1.77 bits per heavy atom. The van der Waals surface area contributed by atoms with Crippen LogP contribution in [0.5, 0.6) is 0 Å². The Morgan fingerprint density at radius 3 is 2.32 bits per heavy atom. The number of anilines is 1. The summed E-state index contributed by atoms with van der Waals surface area (Å²) in [5.41, 5.74) is 1.91. The van der Waals surface area contributed by atoms with Crippen LogP contribution in [-0.2, 0) is 17.4 Å². The molecule has 0 aromatic heterocycles. The van der Waals surface area contributed by atoms with Crippen LogP contribution in [-0.4, -0.2) is 48.2 Å². The van der Waals surface area contributed by atoms with Crippen LogP contribution in [0.3, 0.4) is 0 Å². The van der Waals surface area contributed by atoms with Gasteiger partial charge in [-0.1, -0.05) is 6.07 Å². The van der Waals surface area contributed by atoms with Crippen LogP contribution in [0.4, 0.5) is 23.2 Å². The van der Waals surface area contributed by atoms with Gasteiger partial charge in [-0.3, -0.25) is 9.18 Å². The third kappa shape index (κ3) is 6.87. The van der Waals surface area contributed by atoms with Gasteiger partial charge in [-0.2, -0.15) is 13.2 Å². The molecule has 0 spiro atoms. The van der Waals surface area contributed by atoms with Crippen molar-refractivity contribution in [2.75, 3.05) is 31.7 Å². The molecule has 0 unspecified atom stereocenters. The first-order valence-corrected chi connectivity index (χ1v) is 10.5. The molecule has 1 N–H and O–H groups in total. The van der Waals surface area contributed by atoms with Crippen molar-refractivity contribution < 1.29 is 27.5 Å². The average molecular weight is 459 g/mol. The highest BCUT2D eigenvalue weighted by atomic mass is 32.2. The average Bonchev–Trinajstić information content (AvgIpc) is 2.72. The molecule has 9 heteroatoms. The summed E-state index contributed by atoms with van der Waals surface area (Å²) in [7, 11) is 0.500. The summed E-state index contributed by atoms with van der Waals surface area (Å²) >= 11 is 1.59. The second-order valence-corrected chi connectivity index (χ2v) is 8.35. The molecule has 1 atom stereocenters. The quantitative estimate of drug-likeness (QED) is 0.477. The van der Waals surface area contributed by atoms with Gasteiger partial charge in [-0.15, -0.1) is 0 Å². The summed E-state index contributed by atoms with van der Waals surface area (Å²) in [5.74, 6) is -0.853. The number of aliphatic carboxylic acids is 1. The normalized spacial score (nSPS) is 17.1. The van der Waals surface area contributed by atoms with Crippen molar-refractivity contribution in [3.8, 4) is 0 Å². The lowest BCUT2D eigenvalue weighted by atomic mass is 10.1. The highest BCUT2D eigenvalue weighted by Gasteiger charge is 2.31. The Morgan fingerprint density at radius 1 is 1.13 bits per heavy atom. The molecular weight excluding hydrogens is 432 g/mol. The summed E-state index contributed by atoms with van der Waals surface area (Å²) in [6, 6.07) is 11.3. The van der Waals surface area contributed by atoms with Crippen molar-refractivity contribution in [3.05, 3.63) is 59.2 Å². The van der Waals surface area contributed by atoms with Crippen LogP contribution < -0.4 is 4.90 Å². The van der Waals surface area contributed by atoms with Crippen molar-refractivity contribution in [2.24, 2.45) is 0 Å². The minimum atomic E-state index is -4.32. The van der Waals surface area contributed by atoms with E-state index in [1.54, 1.807) is 11.9 Å². The number of alkyl halides is 4. The summed E-state index contributed by atoms with van der Waals surface area (Å²) < 4.78 is 50.0. The van der Waals surface area contributed by atoms with Crippen LogP contribution in [0.2, 0.25) is 0 Å². The molecule has 4 nitrogen and oxygen atoms in total. The van der Waals surface area contributed by atoms with Gasteiger partial charge < -0.3 is 10.0 Å². The predicted molar refractivity (Wildman–Crippen MR) is 115 cm³/mol. The predicted octanol–water partition coefficient (Wildman–Crippen LogP) is 5.44. The van der Waals surface area contributed by atoms with E-state index in [-0.39, 0.29) is 12.5 Å². The maximum absolute atomic E-state index is 12.7. The van der Waals surface area contributed by atoms with Crippen LogP contribution in [0.1, 0.15) is 23.6 Å². The first kappa shape index (κ1) is 25.0. The minimum Gasteiger partial charge on any atom is -0.481 e. The summed E-state index contributed by atoms with van der Waals surface area (Å²) in [6.45, 7) is 6.13.